The van der Waals surface area contributed by atoms with Crippen LogP contribution in [-0.2, 0) is 9.53 Å². The Balaban J connectivity index is 2.45. The van der Waals surface area contributed by atoms with Gasteiger partial charge in [0.25, 0.3) is 5.91 Å². The largest absolute Gasteiger partial charge is 0.493 e. The van der Waals surface area contributed by atoms with Crippen LogP contribution in [0.3, 0.4) is 0 Å². The minimum Gasteiger partial charge on any atom is -0.493 e. The Morgan fingerprint density at radius 2 is 1.81 bits per heavy atom. The molecule has 8 nitrogen and oxygen atoms in total. The molecule has 1 N–H and O–H groups in total. The number of methoxy groups -OCH3 is 3. The Labute approximate surface area is 185 Å². The number of amides is 1. The lowest BCUT2D eigenvalue weighted by Crippen LogP contribution is -2.16. The van der Waals surface area contributed by atoms with Crippen LogP contribution in [-0.4, -0.2) is 39.8 Å². The molecule has 1 amide bonds. The normalized spacial score (nSPS) is 10.8. The number of nitrogens with one attached hydrogen (secondary N) is 1. The smallest absolute Gasteiger partial charge is 0.341 e. The first-order valence-electron chi connectivity index (χ1n) is 9.32. The maximum absolute atomic E-state index is 12.8. The summed E-state index contributed by atoms with van der Waals surface area (Å²) >= 11 is 1.25. The van der Waals surface area contributed by atoms with Crippen molar-refractivity contribution in [1.82, 2.24) is 0 Å². The van der Waals surface area contributed by atoms with Crippen LogP contribution in [0.25, 0.3) is 6.08 Å². The van der Waals surface area contributed by atoms with E-state index in [1.807, 2.05) is 13.0 Å². The van der Waals surface area contributed by atoms with Crippen LogP contribution < -0.4 is 19.5 Å². The van der Waals surface area contributed by atoms with Crippen molar-refractivity contribution >= 4 is 34.3 Å². The van der Waals surface area contributed by atoms with Crippen LogP contribution in [0.1, 0.15) is 33.3 Å². The summed E-state index contributed by atoms with van der Waals surface area (Å²) in [4.78, 5) is 26.0. The van der Waals surface area contributed by atoms with Gasteiger partial charge in [0, 0.05) is 10.4 Å². The highest BCUT2D eigenvalue weighted by atomic mass is 32.1. The molecule has 1 aromatic heterocycles. The van der Waals surface area contributed by atoms with Gasteiger partial charge in [-0.2, -0.15) is 5.26 Å². The summed E-state index contributed by atoms with van der Waals surface area (Å²) in [5, 5.41) is 12.6. The van der Waals surface area contributed by atoms with Crippen molar-refractivity contribution in [2.24, 2.45) is 0 Å². The first-order valence-corrected chi connectivity index (χ1v) is 10.1. The van der Waals surface area contributed by atoms with Crippen molar-refractivity contribution in [2.45, 2.75) is 20.8 Å². The molecule has 0 bridgehead atoms. The zero-order chi connectivity index (χ0) is 23.1. The third kappa shape index (κ3) is 4.98. The molecule has 0 atom stereocenters. The van der Waals surface area contributed by atoms with Gasteiger partial charge in [0.2, 0.25) is 5.75 Å². The number of benzene rings is 1. The van der Waals surface area contributed by atoms with E-state index >= 15 is 0 Å². The summed E-state index contributed by atoms with van der Waals surface area (Å²) in [5.74, 6) is -0.0825. The third-order valence-electron chi connectivity index (χ3n) is 4.49. The maximum atomic E-state index is 12.8. The number of ether oxygens (including phenoxy) is 4. The molecule has 0 aliphatic carbocycles. The van der Waals surface area contributed by atoms with E-state index in [-0.39, 0.29) is 12.2 Å². The van der Waals surface area contributed by atoms with E-state index in [1.165, 1.54) is 38.7 Å². The molecule has 31 heavy (non-hydrogen) atoms. The number of esters is 1. The molecule has 0 unspecified atom stereocenters. The highest BCUT2D eigenvalue weighted by Gasteiger charge is 2.23. The van der Waals surface area contributed by atoms with Crippen LogP contribution in [0.5, 0.6) is 17.2 Å². The molecular formula is C22H24N2O6S. The fourth-order valence-corrected chi connectivity index (χ4v) is 3.92. The van der Waals surface area contributed by atoms with Crippen LogP contribution in [0, 0.1) is 25.2 Å². The van der Waals surface area contributed by atoms with Gasteiger partial charge < -0.3 is 24.3 Å². The van der Waals surface area contributed by atoms with Gasteiger partial charge in [0.15, 0.2) is 11.5 Å². The molecule has 2 rings (SSSR count). The van der Waals surface area contributed by atoms with E-state index in [0.717, 1.165) is 10.4 Å². The van der Waals surface area contributed by atoms with Crippen molar-refractivity contribution < 1.29 is 28.5 Å². The Morgan fingerprint density at radius 3 is 2.35 bits per heavy atom. The van der Waals surface area contributed by atoms with E-state index in [2.05, 4.69) is 5.32 Å². The van der Waals surface area contributed by atoms with Gasteiger partial charge in [-0.25, -0.2) is 4.79 Å². The zero-order valence-corrected chi connectivity index (χ0v) is 19.1. The van der Waals surface area contributed by atoms with Crippen molar-refractivity contribution in [3.63, 3.8) is 0 Å². The standard InChI is InChI=1S/C22H24N2O6S/c1-7-30-22(26)17-12(2)13(3)31-21(17)24-20(25)15(11-23)10-14-8-9-16(27-4)19(29-6)18(14)28-5/h8-10H,7H2,1-6H3,(H,24,25). The predicted octanol–water partition coefficient (Wildman–Crippen LogP) is 4.11. The average molecular weight is 445 g/mol. The maximum Gasteiger partial charge on any atom is 0.341 e. The fourth-order valence-electron chi connectivity index (χ4n) is 2.88. The minimum atomic E-state index is -0.661. The number of anilines is 1. The van der Waals surface area contributed by atoms with Crippen molar-refractivity contribution in [2.75, 3.05) is 33.3 Å². The average Bonchev–Trinajstić information content (AvgIpc) is 3.03. The third-order valence-corrected chi connectivity index (χ3v) is 5.61. The number of carbonyl (C=O) groups is 2. The van der Waals surface area contributed by atoms with Crippen LogP contribution >= 0.6 is 11.3 Å². The van der Waals surface area contributed by atoms with Gasteiger partial charge >= 0.3 is 5.97 Å². The number of aryl methyl sites for hydroxylation is 1. The molecule has 0 saturated carbocycles. The minimum absolute atomic E-state index is 0.177. The number of hydrogen-bond donors (Lipinski definition) is 1. The molecular weight excluding hydrogens is 420 g/mol. The Morgan fingerprint density at radius 1 is 1.13 bits per heavy atom. The van der Waals surface area contributed by atoms with E-state index in [0.29, 0.717) is 33.4 Å². The van der Waals surface area contributed by atoms with E-state index in [9.17, 15) is 14.9 Å². The van der Waals surface area contributed by atoms with Crippen LogP contribution in [0.4, 0.5) is 5.00 Å². The summed E-state index contributed by atoms with van der Waals surface area (Å²) in [6.45, 7) is 5.54. The quantitative estimate of drug-likeness (QED) is 0.371. The van der Waals surface area contributed by atoms with E-state index < -0.39 is 11.9 Å². The second-order valence-electron chi connectivity index (χ2n) is 6.26. The number of carbonyl (C=O) groups excluding carboxylic acids is 2. The molecule has 1 heterocycles. The van der Waals surface area contributed by atoms with Gasteiger partial charge in [-0.05, 0) is 44.5 Å². The summed E-state index contributed by atoms with van der Waals surface area (Å²) in [6, 6.07) is 5.18. The highest BCUT2D eigenvalue weighted by Crippen LogP contribution is 2.40. The highest BCUT2D eigenvalue weighted by molar-refractivity contribution is 7.16. The van der Waals surface area contributed by atoms with Crippen molar-refractivity contribution in [1.29, 1.82) is 5.26 Å². The summed E-state index contributed by atoms with van der Waals surface area (Å²) in [5.41, 5.74) is 1.29. The number of thiophene rings is 1. The molecule has 1 aromatic carbocycles. The Bertz CT molecular complexity index is 1060. The number of nitrogens with zero attached hydrogens (tertiary/aromatic N) is 1. The SMILES string of the molecule is CCOC(=O)c1c(NC(=O)C(C#N)=Cc2ccc(OC)c(OC)c2OC)sc(C)c1C. The zero-order valence-electron chi connectivity index (χ0n) is 18.2. The van der Waals surface area contributed by atoms with Gasteiger partial charge in [0.1, 0.15) is 16.6 Å². The molecule has 9 heteroatoms. The summed E-state index contributed by atoms with van der Waals surface area (Å²) in [7, 11) is 4.40. The summed E-state index contributed by atoms with van der Waals surface area (Å²) in [6.07, 6.45) is 1.38. The van der Waals surface area contributed by atoms with Gasteiger partial charge in [-0.3, -0.25) is 4.79 Å². The second kappa shape index (κ2) is 10.5. The molecule has 0 fully saturated rings. The molecule has 0 saturated heterocycles. The Kier molecular flexibility index (Phi) is 8.05. The van der Waals surface area contributed by atoms with Crippen LogP contribution in [0.15, 0.2) is 17.7 Å². The van der Waals surface area contributed by atoms with Crippen LogP contribution in [0.2, 0.25) is 0 Å². The molecule has 0 spiro atoms. The lowest BCUT2D eigenvalue weighted by Gasteiger charge is -2.14. The first kappa shape index (κ1) is 23.8. The molecule has 164 valence electrons. The first-order chi connectivity index (χ1) is 14.8. The van der Waals surface area contributed by atoms with Crippen molar-refractivity contribution in [3.05, 3.63) is 39.3 Å². The van der Waals surface area contributed by atoms with Gasteiger partial charge in [0.05, 0.1) is 33.5 Å². The number of nitriles is 1. The fraction of sp³-hybridized carbons (Fsp3) is 0.318. The van der Waals surface area contributed by atoms with E-state index in [1.54, 1.807) is 26.0 Å². The second-order valence-corrected chi connectivity index (χ2v) is 7.48. The molecule has 2 aromatic rings. The molecule has 0 aliphatic heterocycles. The molecule has 0 radical (unpaired) electrons. The number of rotatable bonds is 8. The lowest BCUT2D eigenvalue weighted by atomic mass is 10.1. The van der Waals surface area contributed by atoms with Gasteiger partial charge in [-0.15, -0.1) is 11.3 Å². The summed E-state index contributed by atoms with van der Waals surface area (Å²) < 4.78 is 21.1. The topological polar surface area (TPSA) is 107 Å². The predicted molar refractivity (Wildman–Crippen MR) is 118 cm³/mol. The number of hydrogen-bond acceptors (Lipinski definition) is 8. The monoisotopic (exact) mass is 444 g/mol. The molecule has 0 aliphatic rings. The Hall–Kier alpha value is -3.51. The van der Waals surface area contributed by atoms with E-state index in [4.69, 9.17) is 18.9 Å². The van der Waals surface area contributed by atoms with Gasteiger partial charge in [-0.1, -0.05) is 0 Å². The lowest BCUT2D eigenvalue weighted by molar-refractivity contribution is -0.112. The van der Waals surface area contributed by atoms with Crippen molar-refractivity contribution in [3.8, 4) is 23.3 Å².